The van der Waals surface area contributed by atoms with E-state index in [2.05, 4.69) is 58.3 Å². The zero-order chi connectivity index (χ0) is 14.9. The Morgan fingerprint density at radius 3 is 2.23 bits per heavy atom. The van der Waals surface area contributed by atoms with Gasteiger partial charge in [0, 0.05) is 43.6 Å². The predicted octanol–water partition coefficient (Wildman–Crippen LogP) is 2.96. The Morgan fingerprint density at radius 2 is 1.50 bits per heavy atom. The second kappa shape index (κ2) is 5.65. The fourth-order valence-corrected chi connectivity index (χ4v) is 3.70. The SMILES string of the molecule is NC1CCc2cc(N3CCN(c4ccccc4)CC3)ccc21. The van der Waals surface area contributed by atoms with Crippen molar-refractivity contribution in [2.75, 3.05) is 36.0 Å². The maximum absolute atomic E-state index is 6.14. The zero-order valence-electron chi connectivity index (χ0n) is 12.9. The molecule has 2 N–H and O–H groups in total. The van der Waals surface area contributed by atoms with Crippen LogP contribution in [0.4, 0.5) is 11.4 Å². The summed E-state index contributed by atoms with van der Waals surface area (Å²) in [5.74, 6) is 0. The Bertz CT molecular complexity index is 645. The molecule has 0 bridgehead atoms. The van der Waals surface area contributed by atoms with E-state index in [-0.39, 0.29) is 6.04 Å². The second-order valence-corrected chi connectivity index (χ2v) is 6.34. The van der Waals surface area contributed by atoms with Gasteiger partial charge in [-0.2, -0.15) is 0 Å². The molecule has 4 rings (SSSR count). The molecule has 2 aromatic rings. The van der Waals surface area contributed by atoms with Crippen molar-refractivity contribution in [2.24, 2.45) is 5.73 Å². The quantitative estimate of drug-likeness (QED) is 0.924. The smallest absolute Gasteiger partial charge is 0.0370 e. The maximum atomic E-state index is 6.14. The lowest BCUT2D eigenvalue weighted by atomic mass is 10.1. The maximum Gasteiger partial charge on any atom is 0.0370 e. The van der Waals surface area contributed by atoms with E-state index in [9.17, 15) is 0 Å². The summed E-state index contributed by atoms with van der Waals surface area (Å²) >= 11 is 0. The minimum atomic E-state index is 0.249. The first-order valence-corrected chi connectivity index (χ1v) is 8.24. The van der Waals surface area contributed by atoms with Crippen LogP contribution in [0.1, 0.15) is 23.6 Å². The van der Waals surface area contributed by atoms with Gasteiger partial charge in [-0.15, -0.1) is 0 Å². The van der Waals surface area contributed by atoms with E-state index >= 15 is 0 Å². The molecule has 3 nitrogen and oxygen atoms in total. The van der Waals surface area contributed by atoms with Gasteiger partial charge in [-0.05, 0) is 48.2 Å². The Hall–Kier alpha value is -2.00. The molecular weight excluding hydrogens is 270 g/mol. The topological polar surface area (TPSA) is 32.5 Å². The van der Waals surface area contributed by atoms with Crippen molar-refractivity contribution in [1.82, 2.24) is 0 Å². The summed E-state index contributed by atoms with van der Waals surface area (Å²) in [4.78, 5) is 4.98. The van der Waals surface area contributed by atoms with Gasteiger partial charge in [-0.25, -0.2) is 0 Å². The fourth-order valence-electron chi connectivity index (χ4n) is 3.70. The molecule has 1 saturated heterocycles. The minimum Gasteiger partial charge on any atom is -0.368 e. The molecule has 0 spiro atoms. The van der Waals surface area contributed by atoms with E-state index in [1.807, 2.05) is 0 Å². The fraction of sp³-hybridized carbons (Fsp3) is 0.368. The Kier molecular flexibility index (Phi) is 3.51. The molecule has 3 heteroatoms. The van der Waals surface area contributed by atoms with E-state index < -0.39 is 0 Å². The van der Waals surface area contributed by atoms with Gasteiger partial charge < -0.3 is 15.5 Å². The summed E-state index contributed by atoms with van der Waals surface area (Å²) in [7, 11) is 0. The van der Waals surface area contributed by atoms with E-state index in [0.717, 1.165) is 39.0 Å². The normalized spacial score (nSPS) is 21.0. The number of hydrogen-bond donors (Lipinski definition) is 1. The first kappa shape index (κ1) is 13.6. The van der Waals surface area contributed by atoms with Gasteiger partial charge in [-0.1, -0.05) is 24.3 Å². The monoisotopic (exact) mass is 293 g/mol. The van der Waals surface area contributed by atoms with Gasteiger partial charge in [0.2, 0.25) is 0 Å². The van der Waals surface area contributed by atoms with Gasteiger partial charge in [0.25, 0.3) is 0 Å². The number of nitrogens with zero attached hydrogens (tertiary/aromatic N) is 2. The van der Waals surface area contributed by atoms with Crippen LogP contribution in [0.2, 0.25) is 0 Å². The molecule has 1 unspecified atom stereocenters. The van der Waals surface area contributed by atoms with E-state index in [4.69, 9.17) is 5.73 Å². The van der Waals surface area contributed by atoms with Crippen molar-refractivity contribution in [3.8, 4) is 0 Å². The van der Waals surface area contributed by atoms with Crippen LogP contribution in [0.15, 0.2) is 48.5 Å². The molecule has 1 aliphatic carbocycles. The second-order valence-electron chi connectivity index (χ2n) is 6.34. The van der Waals surface area contributed by atoms with Gasteiger partial charge >= 0.3 is 0 Å². The van der Waals surface area contributed by atoms with Crippen molar-refractivity contribution >= 4 is 11.4 Å². The van der Waals surface area contributed by atoms with Gasteiger partial charge in [0.05, 0.1) is 0 Å². The zero-order valence-corrected chi connectivity index (χ0v) is 12.9. The van der Waals surface area contributed by atoms with Crippen LogP contribution in [-0.2, 0) is 6.42 Å². The molecule has 1 heterocycles. The van der Waals surface area contributed by atoms with Crippen molar-refractivity contribution in [1.29, 1.82) is 0 Å². The van der Waals surface area contributed by atoms with Crippen LogP contribution in [0, 0.1) is 0 Å². The van der Waals surface area contributed by atoms with Gasteiger partial charge in [0.1, 0.15) is 0 Å². The average Bonchev–Trinajstić information content (AvgIpc) is 2.96. The molecular formula is C19H23N3. The molecule has 1 aliphatic heterocycles. The number of aryl methyl sites for hydroxylation is 1. The van der Waals surface area contributed by atoms with Crippen LogP contribution in [-0.4, -0.2) is 26.2 Å². The Labute approximate surface area is 132 Å². The Balaban J connectivity index is 1.46. The van der Waals surface area contributed by atoms with Gasteiger partial charge in [0.15, 0.2) is 0 Å². The number of benzene rings is 2. The van der Waals surface area contributed by atoms with Crippen molar-refractivity contribution in [2.45, 2.75) is 18.9 Å². The highest BCUT2D eigenvalue weighted by Crippen LogP contribution is 2.32. The van der Waals surface area contributed by atoms with E-state index in [1.54, 1.807) is 0 Å². The molecule has 2 aromatic carbocycles. The molecule has 0 saturated carbocycles. The van der Waals surface area contributed by atoms with Crippen LogP contribution in [0.5, 0.6) is 0 Å². The van der Waals surface area contributed by atoms with E-state index in [1.165, 1.54) is 22.5 Å². The van der Waals surface area contributed by atoms with Crippen LogP contribution < -0.4 is 15.5 Å². The number of hydrogen-bond acceptors (Lipinski definition) is 3. The van der Waals surface area contributed by atoms with Gasteiger partial charge in [-0.3, -0.25) is 0 Å². The van der Waals surface area contributed by atoms with Crippen LogP contribution in [0.3, 0.4) is 0 Å². The highest BCUT2D eigenvalue weighted by molar-refractivity contribution is 5.55. The first-order chi connectivity index (χ1) is 10.8. The average molecular weight is 293 g/mol. The molecule has 1 atom stereocenters. The summed E-state index contributed by atoms with van der Waals surface area (Å²) in [6.45, 7) is 4.33. The summed E-state index contributed by atoms with van der Waals surface area (Å²) < 4.78 is 0. The molecule has 114 valence electrons. The van der Waals surface area contributed by atoms with Crippen molar-refractivity contribution < 1.29 is 0 Å². The highest BCUT2D eigenvalue weighted by Gasteiger charge is 2.22. The lowest BCUT2D eigenvalue weighted by Crippen LogP contribution is -2.46. The third kappa shape index (κ3) is 2.46. The lowest BCUT2D eigenvalue weighted by Gasteiger charge is -2.37. The summed E-state index contributed by atoms with van der Waals surface area (Å²) in [6.07, 6.45) is 2.23. The molecule has 1 fully saturated rings. The van der Waals surface area contributed by atoms with Crippen molar-refractivity contribution in [3.05, 3.63) is 59.7 Å². The largest absolute Gasteiger partial charge is 0.368 e. The van der Waals surface area contributed by atoms with E-state index in [0.29, 0.717) is 0 Å². The highest BCUT2D eigenvalue weighted by atomic mass is 15.3. The number of piperazine rings is 1. The summed E-state index contributed by atoms with van der Waals surface area (Å²) in [5.41, 5.74) is 11.6. The summed E-state index contributed by atoms with van der Waals surface area (Å²) in [5, 5.41) is 0. The standard InChI is InChI=1S/C19H23N3/c20-19-9-6-15-14-17(7-8-18(15)19)22-12-10-21(11-13-22)16-4-2-1-3-5-16/h1-5,7-8,14,19H,6,9-13,20H2. The summed E-state index contributed by atoms with van der Waals surface area (Å²) in [6, 6.07) is 17.8. The third-order valence-corrected chi connectivity index (χ3v) is 5.02. The van der Waals surface area contributed by atoms with Crippen LogP contribution >= 0.6 is 0 Å². The minimum absolute atomic E-state index is 0.249. The molecule has 0 radical (unpaired) electrons. The molecule has 22 heavy (non-hydrogen) atoms. The third-order valence-electron chi connectivity index (χ3n) is 5.02. The molecule has 0 amide bonds. The molecule has 2 aliphatic rings. The Morgan fingerprint density at radius 1 is 0.818 bits per heavy atom. The first-order valence-electron chi connectivity index (χ1n) is 8.24. The number of anilines is 2. The number of rotatable bonds is 2. The van der Waals surface area contributed by atoms with Crippen LogP contribution in [0.25, 0.3) is 0 Å². The molecule has 0 aromatic heterocycles. The lowest BCUT2D eigenvalue weighted by molar-refractivity contribution is 0.653. The number of nitrogens with two attached hydrogens (primary N) is 1. The predicted molar refractivity (Wildman–Crippen MR) is 92.6 cm³/mol. The van der Waals surface area contributed by atoms with Crippen molar-refractivity contribution in [3.63, 3.8) is 0 Å². The number of para-hydroxylation sites is 1. The number of fused-ring (bicyclic) bond motifs is 1.